The minimum absolute atomic E-state index is 0.109. The molecule has 0 aromatic heterocycles. The van der Waals surface area contributed by atoms with Crippen molar-refractivity contribution < 1.29 is 29.9 Å². The van der Waals surface area contributed by atoms with E-state index >= 15 is 0 Å². The Labute approximate surface area is 248 Å². The van der Waals surface area contributed by atoms with E-state index in [1.807, 2.05) is 0 Å². The van der Waals surface area contributed by atoms with Gasteiger partial charge in [0.25, 0.3) is 0 Å². The number of aliphatic hydroxyl groups excluding tert-OH is 4. The second-order valence-corrected chi connectivity index (χ2v) is 15.2. The predicted molar refractivity (Wildman–Crippen MR) is 161 cm³/mol. The molecule has 4 fully saturated rings. The molecule has 0 radical (unpaired) electrons. The summed E-state index contributed by atoms with van der Waals surface area (Å²) < 4.78 is 11.9. The van der Waals surface area contributed by atoms with Gasteiger partial charge in [-0.25, -0.2) is 0 Å². The van der Waals surface area contributed by atoms with Crippen molar-refractivity contribution in [3.05, 3.63) is 23.8 Å². The topological polar surface area (TPSA) is 99.4 Å². The summed E-state index contributed by atoms with van der Waals surface area (Å²) in [4.78, 5) is 0. The van der Waals surface area contributed by atoms with Crippen LogP contribution in [-0.2, 0) is 9.47 Å². The lowest BCUT2D eigenvalue weighted by Crippen LogP contribution is -2.60. The molecular formula is C35H58O6. The smallest absolute Gasteiger partial charge is 0.186 e. The zero-order valence-electron chi connectivity index (χ0n) is 26.4. The molecule has 0 bridgehead atoms. The van der Waals surface area contributed by atoms with E-state index in [4.69, 9.17) is 9.47 Å². The Morgan fingerprint density at radius 3 is 2.41 bits per heavy atom. The van der Waals surface area contributed by atoms with Crippen molar-refractivity contribution in [3.8, 4) is 0 Å². The van der Waals surface area contributed by atoms with Crippen LogP contribution in [0, 0.1) is 52.3 Å². The summed E-state index contributed by atoms with van der Waals surface area (Å²) >= 11 is 0. The SMILES string of the molecule is CC[C@H](C=C[C@@H](C)[C@H]1CCC2C3CC=C4CC(O[C@@H]5O[C@H](CO)[C@@H](O)[C@H](O)[C@H]5O)CC[C@]4(C)C3CC[C@@]21C)C(C)C. The van der Waals surface area contributed by atoms with Gasteiger partial charge in [0.1, 0.15) is 24.4 Å². The van der Waals surface area contributed by atoms with Crippen LogP contribution in [0.15, 0.2) is 23.8 Å². The Morgan fingerprint density at radius 1 is 0.976 bits per heavy atom. The molecule has 1 saturated heterocycles. The maximum atomic E-state index is 10.5. The summed E-state index contributed by atoms with van der Waals surface area (Å²) in [6, 6.07) is 0. The molecule has 1 aliphatic heterocycles. The highest BCUT2D eigenvalue weighted by atomic mass is 16.7. The number of allylic oxidation sites excluding steroid dienone is 3. The van der Waals surface area contributed by atoms with Gasteiger partial charge < -0.3 is 29.9 Å². The van der Waals surface area contributed by atoms with Crippen molar-refractivity contribution in [3.63, 3.8) is 0 Å². The normalized spacial score (nSPS) is 47.9. The summed E-state index contributed by atoms with van der Waals surface area (Å²) in [5.74, 6) is 5.05. The molecule has 3 saturated carbocycles. The van der Waals surface area contributed by atoms with Gasteiger partial charge in [0, 0.05) is 0 Å². The molecule has 0 aromatic rings. The first-order valence-corrected chi connectivity index (χ1v) is 16.8. The molecule has 1 heterocycles. The van der Waals surface area contributed by atoms with Gasteiger partial charge in [-0.1, -0.05) is 65.3 Å². The fraction of sp³-hybridized carbons (Fsp3) is 0.886. The molecule has 4 aliphatic carbocycles. The van der Waals surface area contributed by atoms with E-state index in [1.54, 1.807) is 0 Å². The van der Waals surface area contributed by atoms with E-state index in [-0.39, 0.29) is 11.5 Å². The highest BCUT2D eigenvalue weighted by Gasteiger charge is 2.59. The van der Waals surface area contributed by atoms with Crippen LogP contribution in [0.3, 0.4) is 0 Å². The summed E-state index contributed by atoms with van der Waals surface area (Å²) in [7, 11) is 0. The highest BCUT2D eigenvalue weighted by molar-refractivity contribution is 5.25. The molecule has 234 valence electrons. The lowest BCUT2D eigenvalue weighted by molar-refractivity contribution is -0.313. The van der Waals surface area contributed by atoms with Crippen LogP contribution in [0.2, 0.25) is 0 Å². The molecule has 0 amide bonds. The second-order valence-electron chi connectivity index (χ2n) is 15.2. The lowest BCUT2D eigenvalue weighted by atomic mass is 9.47. The van der Waals surface area contributed by atoms with Crippen LogP contribution in [0.1, 0.15) is 99.3 Å². The number of aliphatic hydroxyl groups is 4. The van der Waals surface area contributed by atoms with E-state index in [0.29, 0.717) is 29.1 Å². The van der Waals surface area contributed by atoms with Crippen LogP contribution in [0.4, 0.5) is 0 Å². The van der Waals surface area contributed by atoms with Crippen LogP contribution in [0.5, 0.6) is 0 Å². The van der Waals surface area contributed by atoms with Gasteiger partial charge in [-0.3, -0.25) is 0 Å². The van der Waals surface area contributed by atoms with Crippen molar-refractivity contribution in [2.24, 2.45) is 52.3 Å². The molecule has 4 unspecified atom stereocenters. The van der Waals surface area contributed by atoms with Gasteiger partial charge in [-0.15, -0.1) is 0 Å². The van der Waals surface area contributed by atoms with Gasteiger partial charge in [0.2, 0.25) is 0 Å². The Balaban J connectivity index is 1.26. The molecule has 5 rings (SSSR count). The molecular weight excluding hydrogens is 516 g/mol. The van der Waals surface area contributed by atoms with E-state index in [1.165, 1.54) is 37.7 Å². The molecule has 6 heteroatoms. The molecule has 5 aliphatic rings. The summed E-state index contributed by atoms with van der Waals surface area (Å²) in [6.07, 6.45) is 11.9. The summed E-state index contributed by atoms with van der Waals surface area (Å²) in [5, 5.41) is 40.4. The quantitative estimate of drug-likeness (QED) is 0.281. The predicted octanol–water partition coefficient (Wildman–Crippen LogP) is 5.63. The van der Waals surface area contributed by atoms with Gasteiger partial charge >= 0.3 is 0 Å². The third-order valence-corrected chi connectivity index (χ3v) is 12.9. The minimum Gasteiger partial charge on any atom is -0.394 e. The lowest BCUT2D eigenvalue weighted by Gasteiger charge is -2.58. The maximum absolute atomic E-state index is 10.5. The second kappa shape index (κ2) is 12.3. The monoisotopic (exact) mass is 574 g/mol. The zero-order valence-corrected chi connectivity index (χ0v) is 26.4. The first-order valence-electron chi connectivity index (χ1n) is 16.8. The first kappa shape index (κ1) is 31.7. The first-order chi connectivity index (χ1) is 19.4. The molecule has 0 aromatic carbocycles. The van der Waals surface area contributed by atoms with Crippen LogP contribution >= 0.6 is 0 Å². The Bertz CT molecular complexity index is 960. The number of rotatable bonds is 8. The van der Waals surface area contributed by atoms with Crippen molar-refractivity contribution in [2.75, 3.05) is 6.61 Å². The average molecular weight is 575 g/mol. The van der Waals surface area contributed by atoms with E-state index in [9.17, 15) is 20.4 Å². The standard InChI is InChI=1S/C35H58O6/c1-7-22(20(2)3)9-8-21(4)26-12-13-27-25-11-10-23-18-24(14-16-34(23,5)28(25)15-17-35(26,27)6)40-33-32(39)31(38)30(37)29(19-36)41-33/h8-10,20-22,24-33,36-39H,7,11-19H2,1-6H3/t21-,22-,24?,25?,26-,27?,28?,29-,30-,31+,32-,33-,34+,35-/m1/s1. The van der Waals surface area contributed by atoms with Crippen LogP contribution in [-0.4, -0.2) is 63.8 Å². The average Bonchev–Trinajstić information content (AvgIpc) is 3.30. The highest BCUT2D eigenvalue weighted by Crippen LogP contribution is 2.67. The zero-order chi connectivity index (χ0) is 29.7. The third-order valence-electron chi connectivity index (χ3n) is 12.9. The molecule has 14 atom stereocenters. The minimum atomic E-state index is -1.40. The number of hydrogen-bond acceptors (Lipinski definition) is 6. The molecule has 6 nitrogen and oxygen atoms in total. The maximum Gasteiger partial charge on any atom is 0.186 e. The van der Waals surface area contributed by atoms with E-state index in [0.717, 1.165) is 43.4 Å². The van der Waals surface area contributed by atoms with E-state index in [2.05, 4.69) is 59.8 Å². The number of fused-ring (bicyclic) bond motifs is 5. The van der Waals surface area contributed by atoms with Crippen molar-refractivity contribution >= 4 is 0 Å². The van der Waals surface area contributed by atoms with Crippen molar-refractivity contribution in [1.29, 1.82) is 0 Å². The van der Waals surface area contributed by atoms with Crippen molar-refractivity contribution in [1.82, 2.24) is 0 Å². The van der Waals surface area contributed by atoms with Crippen molar-refractivity contribution in [2.45, 2.75) is 136 Å². The summed E-state index contributed by atoms with van der Waals surface area (Å²) in [5.41, 5.74) is 2.11. The molecule has 41 heavy (non-hydrogen) atoms. The Hall–Kier alpha value is -0.760. The largest absolute Gasteiger partial charge is 0.394 e. The van der Waals surface area contributed by atoms with Crippen LogP contribution in [0.25, 0.3) is 0 Å². The van der Waals surface area contributed by atoms with Gasteiger partial charge in [-0.05, 0) is 110 Å². The molecule has 0 spiro atoms. The van der Waals surface area contributed by atoms with Gasteiger partial charge in [-0.2, -0.15) is 0 Å². The fourth-order valence-corrected chi connectivity index (χ4v) is 10.3. The summed E-state index contributed by atoms with van der Waals surface area (Å²) in [6.45, 7) is 14.2. The van der Waals surface area contributed by atoms with Gasteiger partial charge in [0.05, 0.1) is 12.7 Å². The van der Waals surface area contributed by atoms with Crippen LogP contribution < -0.4 is 0 Å². The Kier molecular flexibility index (Phi) is 9.51. The Morgan fingerprint density at radius 2 is 1.73 bits per heavy atom. The van der Waals surface area contributed by atoms with Gasteiger partial charge in [0.15, 0.2) is 6.29 Å². The number of hydrogen-bond donors (Lipinski definition) is 4. The molecule has 4 N–H and O–H groups in total. The fourth-order valence-electron chi connectivity index (χ4n) is 10.3. The third kappa shape index (κ3) is 5.64. The van der Waals surface area contributed by atoms with E-state index < -0.39 is 37.3 Å². The number of ether oxygens (including phenoxy) is 2.